The van der Waals surface area contributed by atoms with Crippen molar-refractivity contribution in [1.82, 2.24) is 10.6 Å². The van der Waals surface area contributed by atoms with Crippen LogP contribution >= 0.6 is 24.0 Å². The summed E-state index contributed by atoms with van der Waals surface area (Å²) in [5, 5.41) is 6.42. The van der Waals surface area contributed by atoms with Gasteiger partial charge < -0.3 is 19.8 Å². The van der Waals surface area contributed by atoms with Crippen LogP contribution in [0, 0.1) is 0 Å². The number of aliphatic imine (C=N–C) groups is 1. The lowest BCUT2D eigenvalue weighted by atomic mass is 10.4. The monoisotopic (exact) mass is 505 g/mol. The number of hydrogen-bond donors (Lipinski definition) is 2. The first-order valence-corrected chi connectivity index (χ1v) is 10.2. The molecule has 27 heavy (non-hydrogen) atoms. The van der Waals surface area contributed by atoms with Crippen LogP contribution in [0.2, 0.25) is 0 Å². The van der Waals surface area contributed by atoms with Crippen LogP contribution in [0.25, 0.3) is 0 Å². The summed E-state index contributed by atoms with van der Waals surface area (Å²) in [6, 6.07) is 13.2. The average Bonchev–Trinajstić information content (AvgIpc) is 3.18. The molecule has 2 aromatic rings. The van der Waals surface area contributed by atoms with Gasteiger partial charge in [0, 0.05) is 36.9 Å². The molecule has 0 aliphatic rings. The van der Waals surface area contributed by atoms with E-state index in [9.17, 15) is 4.21 Å². The quantitative estimate of drug-likeness (QED) is 0.213. The molecule has 1 unspecified atom stereocenters. The molecular weight excluding hydrogens is 477 g/mol. The number of rotatable bonds is 11. The van der Waals surface area contributed by atoms with Crippen molar-refractivity contribution in [2.45, 2.75) is 24.8 Å². The summed E-state index contributed by atoms with van der Waals surface area (Å²) in [5.74, 6) is 2.11. The highest BCUT2D eigenvalue weighted by molar-refractivity contribution is 14.0. The molecule has 8 heteroatoms. The molecule has 0 radical (unpaired) electrons. The van der Waals surface area contributed by atoms with Crippen molar-refractivity contribution in [3.63, 3.8) is 0 Å². The van der Waals surface area contributed by atoms with Crippen molar-refractivity contribution in [3.05, 3.63) is 54.5 Å². The molecule has 0 saturated carbocycles. The topological polar surface area (TPSA) is 75.9 Å². The van der Waals surface area contributed by atoms with Crippen LogP contribution in [0.5, 0.6) is 0 Å². The summed E-state index contributed by atoms with van der Waals surface area (Å²) < 4.78 is 22.9. The molecule has 1 heterocycles. The minimum absolute atomic E-state index is 0. The van der Waals surface area contributed by atoms with E-state index in [1.807, 2.05) is 49.4 Å². The normalized spacial score (nSPS) is 12.3. The fourth-order valence-corrected chi connectivity index (χ4v) is 3.20. The van der Waals surface area contributed by atoms with Gasteiger partial charge in [-0.15, -0.1) is 24.0 Å². The highest BCUT2D eigenvalue weighted by Gasteiger charge is 2.03. The Bertz CT molecular complexity index is 666. The first kappa shape index (κ1) is 23.6. The van der Waals surface area contributed by atoms with Crippen LogP contribution in [0.1, 0.15) is 19.1 Å². The van der Waals surface area contributed by atoms with E-state index in [-0.39, 0.29) is 24.0 Å². The SMILES string of the molecule is CCNC(=NCCCOCc1ccco1)NCCS(=O)c1ccccc1.I. The van der Waals surface area contributed by atoms with Crippen molar-refractivity contribution in [2.24, 2.45) is 4.99 Å². The molecule has 1 aromatic heterocycles. The molecule has 0 bridgehead atoms. The number of benzene rings is 1. The van der Waals surface area contributed by atoms with Gasteiger partial charge >= 0.3 is 0 Å². The van der Waals surface area contributed by atoms with Crippen LogP contribution < -0.4 is 10.6 Å². The van der Waals surface area contributed by atoms with Gasteiger partial charge in [-0.25, -0.2) is 0 Å². The van der Waals surface area contributed by atoms with Gasteiger partial charge in [0.15, 0.2) is 5.96 Å². The van der Waals surface area contributed by atoms with Crippen LogP contribution in [0.3, 0.4) is 0 Å². The van der Waals surface area contributed by atoms with E-state index < -0.39 is 10.8 Å². The van der Waals surface area contributed by atoms with Crippen molar-refractivity contribution in [1.29, 1.82) is 0 Å². The Kier molecular flexibility index (Phi) is 12.8. The molecule has 2 N–H and O–H groups in total. The minimum Gasteiger partial charge on any atom is -0.467 e. The Labute approximate surface area is 180 Å². The number of halogens is 1. The molecule has 0 fully saturated rings. The van der Waals surface area contributed by atoms with E-state index in [1.165, 1.54) is 0 Å². The van der Waals surface area contributed by atoms with Crippen LogP contribution in [0.15, 0.2) is 63.0 Å². The minimum atomic E-state index is -1.00. The summed E-state index contributed by atoms with van der Waals surface area (Å²) in [6.45, 7) is 5.17. The second kappa shape index (κ2) is 14.6. The summed E-state index contributed by atoms with van der Waals surface area (Å²) in [6.07, 6.45) is 2.47. The molecule has 0 amide bonds. The largest absolute Gasteiger partial charge is 0.467 e. The maximum absolute atomic E-state index is 12.2. The van der Waals surface area contributed by atoms with Gasteiger partial charge in [-0.3, -0.25) is 9.20 Å². The van der Waals surface area contributed by atoms with E-state index in [0.29, 0.717) is 32.1 Å². The number of nitrogens with one attached hydrogen (secondary N) is 2. The van der Waals surface area contributed by atoms with E-state index in [1.54, 1.807) is 6.26 Å². The Morgan fingerprint density at radius 1 is 1.19 bits per heavy atom. The smallest absolute Gasteiger partial charge is 0.191 e. The van der Waals surface area contributed by atoms with E-state index in [0.717, 1.165) is 29.6 Å². The summed E-state index contributed by atoms with van der Waals surface area (Å²) in [5.41, 5.74) is 0. The Hall–Kier alpha value is -1.39. The number of hydrogen-bond acceptors (Lipinski definition) is 4. The maximum atomic E-state index is 12.2. The standard InChI is InChI=1S/C19H27N3O3S.HI/c1-2-20-19(21-11-7-13-24-16-17-8-6-14-25-17)22-12-15-26(23)18-9-4-3-5-10-18;/h3-6,8-10,14H,2,7,11-13,15-16H2,1H3,(H2,20,21,22);1H. The van der Waals surface area contributed by atoms with Gasteiger partial charge in [-0.1, -0.05) is 18.2 Å². The third kappa shape index (κ3) is 9.92. The predicted octanol–water partition coefficient (Wildman–Crippen LogP) is 3.17. The highest BCUT2D eigenvalue weighted by Crippen LogP contribution is 2.04. The fraction of sp³-hybridized carbons (Fsp3) is 0.421. The lowest BCUT2D eigenvalue weighted by molar-refractivity contribution is 0.105. The average molecular weight is 505 g/mol. The van der Waals surface area contributed by atoms with E-state index >= 15 is 0 Å². The Morgan fingerprint density at radius 3 is 2.70 bits per heavy atom. The van der Waals surface area contributed by atoms with Gasteiger partial charge in [-0.2, -0.15) is 0 Å². The second-order valence-corrected chi connectivity index (χ2v) is 7.11. The molecule has 0 aliphatic carbocycles. The van der Waals surface area contributed by atoms with Gasteiger partial charge in [0.1, 0.15) is 12.4 Å². The molecule has 150 valence electrons. The lowest BCUT2D eigenvalue weighted by Gasteiger charge is -2.11. The lowest BCUT2D eigenvalue weighted by Crippen LogP contribution is -2.39. The molecule has 0 aliphatic heterocycles. The summed E-state index contributed by atoms with van der Waals surface area (Å²) in [4.78, 5) is 5.36. The molecule has 0 saturated heterocycles. The molecule has 6 nitrogen and oxygen atoms in total. The Balaban J connectivity index is 0.00000364. The Morgan fingerprint density at radius 2 is 2.00 bits per heavy atom. The fourth-order valence-electron chi connectivity index (χ4n) is 2.22. The van der Waals surface area contributed by atoms with Crippen molar-refractivity contribution < 1.29 is 13.4 Å². The predicted molar refractivity (Wildman–Crippen MR) is 120 cm³/mol. The zero-order valence-corrected chi connectivity index (χ0v) is 18.7. The zero-order valence-electron chi connectivity index (χ0n) is 15.6. The number of nitrogens with zero attached hydrogens (tertiary/aromatic N) is 1. The number of furan rings is 1. The maximum Gasteiger partial charge on any atom is 0.191 e. The third-order valence-electron chi connectivity index (χ3n) is 3.47. The molecule has 1 atom stereocenters. The van der Waals surface area contributed by atoms with E-state index in [4.69, 9.17) is 9.15 Å². The number of guanidine groups is 1. The third-order valence-corrected chi connectivity index (χ3v) is 4.84. The van der Waals surface area contributed by atoms with Crippen LogP contribution in [-0.4, -0.2) is 42.2 Å². The van der Waals surface area contributed by atoms with Crippen LogP contribution in [0.4, 0.5) is 0 Å². The van der Waals surface area contributed by atoms with Crippen molar-refractivity contribution in [2.75, 3.05) is 32.0 Å². The molecule has 2 rings (SSSR count). The van der Waals surface area contributed by atoms with Crippen molar-refractivity contribution in [3.8, 4) is 0 Å². The van der Waals surface area contributed by atoms with Gasteiger partial charge in [0.05, 0.1) is 17.1 Å². The summed E-state index contributed by atoms with van der Waals surface area (Å²) >= 11 is 0. The zero-order chi connectivity index (χ0) is 18.5. The van der Waals surface area contributed by atoms with Crippen LogP contribution in [-0.2, 0) is 22.1 Å². The summed E-state index contributed by atoms with van der Waals surface area (Å²) in [7, 11) is -1.00. The van der Waals surface area contributed by atoms with Gasteiger partial charge in [0.25, 0.3) is 0 Å². The van der Waals surface area contributed by atoms with Gasteiger partial charge in [-0.05, 0) is 37.6 Å². The van der Waals surface area contributed by atoms with Crippen molar-refractivity contribution >= 4 is 40.7 Å². The number of ether oxygens (including phenoxy) is 1. The molecule has 1 aromatic carbocycles. The first-order valence-electron chi connectivity index (χ1n) is 8.85. The first-order chi connectivity index (χ1) is 12.8. The highest BCUT2D eigenvalue weighted by atomic mass is 127. The molecular formula is C19H28IN3O3S. The van der Waals surface area contributed by atoms with E-state index in [2.05, 4.69) is 15.6 Å². The second-order valence-electron chi connectivity index (χ2n) is 5.54. The molecule has 0 spiro atoms. The van der Waals surface area contributed by atoms with Gasteiger partial charge in [0.2, 0.25) is 0 Å².